The van der Waals surface area contributed by atoms with Gasteiger partial charge in [-0.25, -0.2) is 0 Å². The Morgan fingerprint density at radius 3 is 2.33 bits per heavy atom. The summed E-state index contributed by atoms with van der Waals surface area (Å²) in [5.74, 6) is 0. The van der Waals surface area contributed by atoms with Gasteiger partial charge in [0.15, 0.2) is 0 Å². The first-order valence-electron chi connectivity index (χ1n) is 8.69. The molecule has 0 aromatic carbocycles. The Bertz CT molecular complexity index is 401. The summed E-state index contributed by atoms with van der Waals surface area (Å²) >= 11 is 0. The molecule has 0 amide bonds. The fourth-order valence-corrected chi connectivity index (χ4v) is 4.52. The maximum Gasteiger partial charge on any atom is 0.0394 e. The lowest BCUT2D eigenvalue weighted by atomic mass is 9.70. The molecule has 0 spiro atoms. The van der Waals surface area contributed by atoms with Crippen LogP contribution in [0.25, 0.3) is 0 Å². The van der Waals surface area contributed by atoms with Gasteiger partial charge in [-0.05, 0) is 32.7 Å². The molecule has 2 N–H and O–H groups in total. The molecule has 1 atom stereocenters. The van der Waals surface area contributed by atoms with Gasteiger partial charge in [-0.15, -0.1) is 0 Å². The van der Waals surface area contributed by atoms with Gasteiger partial charge in [0.2, 0.25) is 0 Å². The van der Waals surface area contributed by atoms with Crippen LogP contribution in [0, 0.1) is 0 Å². The summed E-state index contributed by atoms with van der Waals surface area (Å²) in [6.07, 6.45) is 17.7. The molecular formula is C18H31N3. The molecule has 1 unspecified atom stereocenters. The van der Waals surface area contributed by atoms with E-state index in [1.807, 2.05) is 0 Å². The second kappa shape index (κ2) is 6.23. The lowest BCUT2D eigenvalue weighted by Crippen LogP contribution is -2.61. The van der Waals surface area contributed by atoms with E-state index in [9.17, 15) is 0 Å². The number of nitrogens with two attached hydrogens (primary N) is 1. The number of piperazine rings is 1. The van der Waals surface area contributed by atoms with E-state index in [2.05, 4.69) is 41.2 Å². The molecule has 1 heterocycles. The summed E-state index contributed by atoms with van der Waals surface area (Å²) in [5.41, 5.74) is 6.96. The minimum atomic E-state index is -0.130. The largest absolute Gasteiger partial charge is 0.322 e. The third kappa shape index (κ3) is 3.41. The van der Waals surface area contributed by atoms with Gasteiger partial charge < -0.3 is 10.6 Å². The Morgan fingerprint density at radius 2 is 1.71 bits per heavy atom. The van der Waals surface area contributed by atoms with Gasteiger partial charge in [-0.2, -0.15) is 0 Å². The molecule has 3 nitrogen and oxygen atoms in total. The van der Waals surface area contributed by atoms with Crippen molar-refractivity contribution < 1.29 is 0 Å². The standard InChI is InChI=1S/C18H31N3/c1-20-12-14-21(15-13-20)18(10-6-3-7-11-18)16-17(19)8-4-2-5-9-17/h2,4-5,8H,3,6-7,9-16,19H2,1H3. The maximum atomic E-state index is 6.73. The third-order valence-corrected chi connectivity index (χ3v) is 5.79. The van der Waals surface area contributed by atoms with E-state index in [1.54, 1.807) is 0 Å². The van der Waals surface area contributed by atoms with E-state index in [0.717, 1.165) is 12.8 Å². The summed E-state index contributed by atoms with van der Waals surface area (Å²) in [6.45, 7) is 4.84. The molecule has 0 radical (unpaired) electrons. The summed E-state index contributed by atoms with van der Waals surface area (Å²) in [4.78, 5) is 5.24. The van der Waals surface area contributed by atoms with Crippen LogP contribution < -0.4 is 5.73 Å². The number of rotatable bonds is 3. The zero-order valence-electron chi connectivity index (χ0n) is 13.6. The van der Waals surface area contributed by atoms with Crippen LogP contribution in [0.4, 0.5) is 0 Å². The van der Waals surface area contributed by atoms with Gasteiger partial charge in [0.05, 0.1) is 0 Å². The number of nitrogens with zero attached hydrogens (tertiary/aromatic N) is 2. The van der Waals surface area contributed by atoms with E-state index in [4.69, 9.17) is 5.73 Å². The van der Waals surface area contributed by atoms with Gasteiger partial charge in [-0.1, -0.05) is 43.6 Å². The first-order valence-corrected chi connectivity index (χ1v) is 8.69. The van der Waals surface area contributed by atoms with Crippen molar-refractivity contribution in [1.29, 1.82) is 0 Å². The van der Waals surface area contributed by atoms with Gasteiger partial charge in [0.1, 0.15) is 0 Å². The highest BCUT2D eigenvalue weighted by molar-refractivity contribution is 5.22. The Kier molecular flexibility index (Phi) is 4.53. The summed E-state index contributed by atoms with van der Waals surface area (Å²) in [6, 6.07) is 0. The van der Waals surface area contributed by atoms with Crippen LogP contribution >= 0.6 is 0 Å². The molecule has 21 heavy (non-hydrogen) atoms. The molecule has 0 aromatic heterocycles. The average Bonchev–Trinajstić information content (AvgIpc) is 2.49. The molecule has 3 rings (SSSR count). The lowest BCUT2D eigenvalue weighted by molar-refractivity contribution is -0.00241. The Labute approximate surface area is 129 Å². The topological polar surface area (TPSA) is 32.5 Å². The summed E-state index contributed by atoms with van der Waals surface area (Å²) in [5, 5.41) is 0. The molecule has 1 saturated heterocycles. The molecule has 118 valence electrons. The highest BCUT2D eigenvalue weighted by atomic mass is 15.3. The third-order valence-electron chi connectivity index (χ3n) is 5.79. The summed E-state index contributed by atoms with van der Waals surface area (Å²) < 4.78 is 0. The quantitative estimate of drug-likeness (QED) is 0.866. The monoisotopic (exact) mass is 289 g/mol. The molecule has 3 aliphatic rings. The smallest absolute Gasteiger partial charge is 0.0394 e. The lowest BCUT2D eigenvalue weighted by Gasteiger charge is -2.52. The van der Waals surface area contributed by atoms with Crippen molar-refractivity contribution in [3.8, 4) is 0 Å². The molecule has 3 heteroatoms. The molecule has 1 saturated carbocycles. The van der Waals surface area contributed by atoms with E-state index in [-0.39, 0.29) is 5.54 Å². The van der Waals surface area contributed by atoms with Crippen LogP contribution in [0.2, 0.25) is 0 Å². The van der Waals surface area contributed by atoms with E-state index < -0.39 is 0 Å². The van der Waals surface area contributed by atoms with Gasteiger partial charge in [0.25, 0.3) is 0 Å². The van der Waals surface area contributed by atoms with E-state index >= 15 is 0 Å². The predicted molar refractivity (Wildman–Crippen MR) is 89.3 cm³/mol. The van der Waals surface area contributed by atoms with Crippen LogP contribution in [-0.4, -0.2) is 54.1 Å². The second-order valence-electron chi connectivity index (χ2n) is 7.48. The maximum absolute atomic E-state index is 6.73. The summed E-state index contributed by atoms with van der Waals surface area (Å²) in [7, 11) is 2.24. The van der Waals surface area contributed by atoms with Crippen molar-refractivity contribution in [3.05, 3.63) is 24.3 Å². The minimum Gasteiger partial charge on any atom is -0.322 e. The van der Waals surface area contributed by atoms with Crippen LogP contribution in [0.1, 0.15) is 44.9 Å². The Hall–Kier alpha value is -0.640. The molecule has 0 aromatic rings. The van der Waals surface area contributed by atoms with Crippen LogP contribution in [0.5, 0.6) is 0 Å². The van der Waals surface area contributed by atoms with Crippen LogP contribution in [0.3, 0.4) is 0 Å². The van der Waals surface area contributed by atoms with Crippen molar-refractivity contribution in [2.24, 2.45) is 5.73 Å². The molecule has 2 fully saturated rings. The number of hydrogen-bond acceptors (Lipinski definition) is 3. The van der Waals surface area contributed by atoms with E-state index in [1.165, 1.54) is 58.3 Å². The molecule has 1 aliphatic heterocycles. The zero-order valence-corrected chi connectivity index (χ0v) is 13.6. The molecular weight excluding hydrogens is 258 g/mol. The Morgan fingerprint density at radius 1 is 1.00 bits per heavy atom. The molecule has 2 aliphatic carbocycles. The second-order valence-corrected chi connectivity index (χ2v) is 7.48. The first kappa shape index (κ1) is 15.3. The highest BCUT2D eigenvalue weighted by Gasteiger charge is 2.43. The predicted octanol–water partition coefficient (Wildman–Crippen LogP) is 2.54. The zero-order chi connectivity index (χ0) is 14.8. The van der Waals surface area contributed by atoms with Crippen molar-refractivity contribution in [3.63, 3.8) is 0 Å². The van der Waals surface area contributed by atoms with E-state index in [0.29, 0.717) is 5.54 Å². The SMILES string of the molecule is CN1CCN(C2(CC3(N)C=CC=CC3)CCCCC2)CC1. The number of allylic oxidation sites excluding steroid dienone is 2. The fourth-order valence-electron chi connectivity index (χ4n) is 4.52. The number of hydrogen-bond donors (Lipinski definition) is 1. The van der Waals surface area contributed by atoms with Crippen LogP contribution in [-0.2, 0) is 0 Å². The minimum absolute atomic E-state index is 0.130. The van der Waals surface area contributed by atoms with Gasteiger partial charge in [-0.3, -0.25) is 4.90 Å². The number of likely N-dealkylation sites (N-methyl/N-ethyl adjacent to an activating group) is 1. The normalized spacial score (nSPS) is 34.2. The van der Waals surface area contributed by atoms with Crippen LogP contribution in [0.15, 0.2) is 24.3 Å². The fraction of sp³-hybridized carbons (Fsp3) is 0.778. The van der Waals surface area contributed by atoms with Crippen molar-refractivity contribution in [2.75, 3.05) is 33.2 Å². The van der Waals surface area contributed by atoms with Crippen molar-refractivity contribution >= 4 is 0 Å². The molecule has 0 bridgehead atoms. The van der Waals surface area contributed by atoms with Gasteiger partial charge in [0, 0.05) is 37.3 Å². The Balaban J connectivity index is 1.76. The van der Waals surface area contributed by atoms with Gasteiger partial charge >= 0.3 is 0 Å². The first-order chi connectivity index (χ1) is 10.1. The average molecular weight is 289 g/mol. The van der Waals surface area contributed by atoms with Crippen molar-refractivity contribution in [2.45, 2.75) is 56.0 Å². The highest BCUT2D eigenvalue weighted by Crippen LogP contribution is 2.41. The van der Waals surface area contributed by atoms with Crippen molar-refractivity contribution in [1.82, 2.24) is 9.80 Å².